The van der Waals surface area contributed by atoms with Crippen LogP contribution in [-0.2, 0) is 16.0 Å². The third-order valence-corrected chi connectivity index (χ3v) is 4.73. The molecule has 1 heterocycles. The second kappa shape index (κ2) is 8.82. The van der Waals surface area contributed by atoms with Crippen LogP contribution in [0.2, 0.25) is 0 Å². The summed E-state index contributed by atoms with van der Waals surface area (Å²) in [7, 11) is 3.32. The Bertz CT molecular complexity index is 757. The van der Waals surface area contributed by atoms with Crippen molar-refractivity contribution in [3.05, 3.63) is 29.8 Å². The Morgan fingerprint density at radius 1 is 1.24 bits per heavy atom. The van der Waals surface area contributed by atoms with Gasteiger partial charge in [-0.1, -0.05) is 12.1 Å². The van der Waals surface area contributed by atoms with Crippen LogP contribution in [0.5, 0.6) is 5.75 Å². The summed E-state index contributed by atoms with van der Waals surface area (Å²) in [5.74, 6) is 0.336. The maximum Gasteiger partial charge on any atom is 0.326 e. The molecule has 0 aliphatic carbocycles. The summed E-state index contributed by atoms with van der Waals surface area (Å²) >= 11 is 0. The van der Waals surface area contributed by atoms with Crippen LogP contribution in [-0.4, -0.2) is 66.1 Å². The molecule has 0 saturated carbocycles. The van der Waals surface area contributed by atoms with Crippen molar-refractivity contribution in [2.24, 2.45) is 0 Å². The average molecular weight is 405 g/mol. The Hall–Kier alpha value is -2.61. The zero-order valence-corrected chi connectivity index (χ0v) is 18.2. The van der Waals surface area contributed by atoms with Gasteiger partial charge in [-0.3, -0.25) is 14.5 Å². The zero-order valence-electron chi connectivity index (χ0n) is 18.2. The molecule has 1 aromatic carbocycles. The fraction of sp³-hybridized carbons (Fsp3) is 0.571. The normalized spacial score (nSPS) is 19.5. The lowest BCUT2D eigenvalue weighted by Gasteiger charge is -2.26. The van der Waals surface area contributed by atoms with Gasteiger partial charge in [0.1, 0.15) is 11.3 Å². The Balaban J connectivity index is 1.94. The third-order valence-electron chi connectivity index (χ3n) is 4.73. The number of rotatable bonds is 8. The number of urea groups is 1. The highest BCUT2D eigenvalue weighted by molar-refractivity contribution is 6.06. The highest BCUT2D eigenvalue weighted by atomic mass is 16.5. The highest BCUT2D eigenvalue weighted by Crippen LogP contribution is 2.24. The van der Waals surface area contributed by atoms with E-state index in [1.54, 1.807) is 26.0 Å². The van der Waals surface area contributed by atoms with Gasteiger partial charge in [-0.05, 0) is 65.3 Å². The number of carbonyl (C=O) groups excluding carboxylic acids is 3. The number of nitrogens with one attached hydrogen (secondary N) is 2. The molecule has 0 radical (unpaired) electrons. The molecule has 1 atom stereocenters. The Morgan fingerprint density at radius 2 is 1.86 bits per heavy atom. The molecular formula is C21H32N4O4. The molecule has 29 heavy (non-hydrogen) atoms. The summed E-state index contributed by atoms with van der Waals surface area (Å²) in [4.78, 5) is 40.2. The molecule has 1 aromatic rings. The first kappa shape index (κ1) is 22.7. The second-order valence-electron chi connectivity index (χ2n) is 8.80. The van der Waals surface area contributed by atoms with Crippen LogP contribution >= 0.6 is 0 Å². The number of ether oxygens (including phenoxy) is 1. The van der Waals surface area contributed by atoms with E-state index in [9.17, 15) is 14.4 Å². The first-order chi connectivity index (χ1) is 13.4. The molecular weight excluding hydrogens is 372 g/mol. The minimum Gasteiger partial charge on any atom is -0.497 e. The van der Waals surface area contributed by atoms with Crippen LogP contribution in [0.15, 0.2) is 24.3 Å². The molecule has 1 saturated heterocycles. The summed E-state index contributed by atoms with van der Waals surface area (Å²) < 4.78 is 5.15. The lowest BCUT2D eigenvalue weighted by molar-refractivity contribution is -0.133. The number of hydrogen-bond acceptors (Lipinski definition) is 5. The van der Waals surface area contributed by atoms with Crippen LogP contribution < -0.4 is 15.4 Å². The first-order valence-electron chi connectivity index (χ1n) is 9.70. The number of benzene rings is 1. The van der Waals surface area contributed by atoms with E-state index in [0.29, 0.717) is 12.8 Å². The number of carbonyl (C=O) groups is 3. The van der Waals surface area contributed by atoms with Gasteiger partial charge in [0.25, 0.3) is 5.91 Å². The van der Waals surface area contributed by atoms with Gasteiger partial charge in [-0.15, -0.1) is 0 Å². The van der Waals surface area contributed by atoms with Crippen molar-refractivity contribution in [1.29, 1.82) is 0 Å². The smallest absolute Gasteiger partial charge is 0.326 e. The van der Waals surface area contributed by atoms with Crippen molar-refractivity contribution in [2.75, 3.05) is 27.4 Å². The van der Waals surface area contributed by atoms with Crippen molar-refractivity contribution in [3.8, 4) is 5.75 Å². The quantitative estimate of drug-likeness (QED) is 0.644. The van der Waals surface area contributed by atoms with Gasteiger partial charge >= 0.3 is 6.03 Å². The number of nitrogens with zero attached hydrogens (tertiary/aromatic N) is 2. The SMILES string of the molecule is COc1ccc(CC[C@]2(C)NC(=O)N(CN(C)CC(=O)NC(C)(C)C)C2=O)cc1. The molecule has 2 rings (SSSR count). The number of imide groups is 1. The largest absolute Gasteiger partial charge is 0.497 e. The second-order valence-corrected chi connectivity index (χ2v) is 8.80. The van der Waals surface area contributed by atoms with Gasteiger partial charge in [0.2, 0.25) is 5.91 Å². The molecule has 160 valence electrons. The average Bonchev–Trinajstić information content (AvgIpc) is 2.82. The zero-order chi connectivity index (χ0) is 21.8. The summed E-state index contributed by atoms with van der Waals surface area (Å²) in [6.45, 7) is 7.59. The Labute approximate surface area is 172 Å². The van der Waals surface area contributed by atoms with Crippen molar-refractivity contribution in [3.63, 3.8) is 0 Å². The van der Waals surface area contributed by atoms with Gasteiger partial charge in [0.05, 0.1) is 20.3 Å². The number of likely N-dealkylation sites (N-methyl/N-ethyl adjacent to an activating group) is 1. The highest BCUT2D eigenvalue weighted by Gasteiger charge is 2.47. The lowest BCUT2D eigenvalue weighted by Crippen LogP contribution is -2.48. The van der Waals surface area contributed by atoms with Crippen molar-refractivity contribution in [2.45, 2.75) is 51.6 Å². The maximum atomic E-state index is 12.9. The minimum absolute atomic E-state index is 0.0559. The standard InChI is InChI=1S/C21H32N4O4/c1-20(2,3)22-17(26)13-24(5)14-25-18(27)21(4,23-19(25)28)12-11-15-7-9-16(29-6)10-8-15/h7-10H,11-14H2,1-6H3,(H,22,26)(H,23,28)/t21-/m0/s1. The first-order valence-corrected chi connectivity index (χ1v) is 9.70. The van der Waals surface area contributed by atoms with Crippen molar-refractivity contribution < 1.29 is 19.1 Å². The fourth-order valence-corrected chi connectivity index (χ4v) is 3.23. The van der Waals surface area contributed by atoms with Crippen LogP contribution in [0.25, 0.3) is 0 Å². The monoisotopic (exact) mass is 404 g/mol. The molecule has 1 aliphatic rings. The van der Waals surface area contributed by atoms with Gasteiger partial charge in [0, 0.05) is 5.54 Å². The summed E-state index contributed by atoms with van der Waals surface area (Å²) in [6, 6.07) is 7.20. The molecule has 8 heteroatoms. The summed E-state index contributed by atoms with van der Waals surface area (Å²) in [5, 5.41) is 5.67. The molecule has 4 amide bonds. The maximum absolute atomic E-state index is 12.9. The molecule has 0 spiro atoms. The fourth-order valence-electron chi connectivity index (χ4n) is 3.23. The number of hydrogen-bond donors (Lipinski definition) is 2. The predicted molar refractivity (Wildman–Crippen MR) is 110 cm³/mol. The Morgan fingerprint density at radius 3 is 2.41 bits per heavy atom. The molecule has 0 aromatic heterocycles. The molecule has 0 bridgehead atoms. The van der Waals surface area contributed by atoms with E-state index in [0.717, 1.165) is 11.3 Å². The number of methoxy groups -OCH3 is 1. The number of amides is 4. The molecule has 1 aliphatic heterocycles. The topological polar surface area (TPSA) is 91.0 Å². The number of aryl methyl sites for hydroxylation is 1. The van der Waals surface area contributed by atoms with Gasteiger partial charge < -0.3 is 15.4 Å². The van der Waals surface area contributed by atoms with E-state index >= 15 is 0 Å². The lowest BCUT2D eigenvalue weighted by atomic mass is 9.93. The van der Waals surface area contributed by atoms with Crippen molar-refractivity contribution >= 4 is 17.8 Å². The molecule has 8 nitrogen and oxygen atoms in total. The van der Waals surface area contributed by atoms with Crippen LogP contribution in [0.4, 0.5) is 4.79 Å². The molecule has 2 N–H and O–H groups in total. The molecule has 0 unspecified atom stereocenters. The van der Waals surface area contributed by atoms with Crippen LogP contribution in [0.3, 0.4) is 0 Å². The minimum atomic E-state index is -0.967. The van der Waals surface area contributed by atoms with E-state index in [4.69, 9.17) is 4.74 Å². The van der Waals surface area contributed by atoms with E-state index in [2.05, 4.69) is 10.6 Å². The Kier molecular flexibility index (Phi) is 6.89. The van der Waals surface area contributed by atoms with Gasteiger partial charge in [-0.2, -0.15) is 0 Å². The van der Waals surface area contributed by atoms with Crippen LogP contribution in [0.1, 0.15) is 39.7 Å². The predicted octanol–water partition coefficient (Wildman–Crippen LogP) is 1.74. The van der Waals surface area contributed by atoms with Gasteiger partial charge in [0.15, 0.2) is 0 Å². The van der Waals surface area contributed by atoms with Crippen molar-refractivity contribution in [1.82, 2.24) is 20.4 Å². The van der Waals surface area contributed by atoms with E-state index in [1.165, 1.54) is 4.90 Å². The summed E-state index contributed by atoms with van der Waals surface area (Å²) in [6.07, 6.45) is 1.12. The summed E-state index contributed by atoms with van der Waals surface area (Å²) in [5.41, 5.74) is -0.242. The van der Waals surface area contributed by atoms with E-state index in [1.807, 2.05) is 45.0 Å². The van der Waals surface area contributed by atoms with Gasteiger partial charge in [-0.25, -0.2) is 9.69 Å². The molecule has 1 fully saturated rings. The third kappa shape index (κ3) is 6.19. The van der Waals surface area contributed by atoms with E-state index < -0.39 is 11.6 Å². The van der Waals surface area contributed by atoms with Crippen LogP contribution in [0, 0.1) is 0 Å². The van der Waals surface area contributed by atoms with E-state index in [-0.39, 0.29) is 30.6 Å².